The van der Waals surface area contributed by atoms with Crippen LogP contribution in [0.3, 0.4) is 0 Å². The van der Waals surface area contributed by atoms with Gasteiger partial charge < -0.3 is 14.4 Å². The molecule has 0 radical (unpaired) electrons. The minimum Gasteiger partial charge on any atom is -0.334 e. The molecule has 0 atom stereocenters. The van der Waals surface area contributed by atoms with Gasteiger partial charge in [0, 0.05) is 28.0 Å². The molecular weight excluding hydrogens is 472 g/mol. The first-order valence-electron chi connectivity index (χ1n) is 10.1. The number of halogens is 1. The van der Waals surface area contributed by atoms with Gasteiger partial charge >= 0.3 is 0 Å². The minimum absolute atomic E-state index is 0.133. The van der Waals surface area contributed by atoms with Crippen molar-refractivity contribution in [2.24, 2.45) is 0 Å². The van der Waals surface area contributed by atoms with E-state index < -0.39 is 0 Å². The molecule has 2 aromatic heterocycles. The highest BCUT2D eigenvalue weighted by Crippen LogP contribution is 2.25. The summed E-state index contributed by atoms with van der Waals surface area (Å²) in [5, 5.41) is 6.93. The lowest BCUT2D eigenvalue weighted by atomic mass is 10.0. The summed E-state index contributed by atoms with van der Waals surface area (Å²) in [7, 11) is 0. The minimum atomic E-state index is -0.298. The second kappa shape index (κ2) is 9.32. The number of amides is 1. The number of benzene rings is 2. The largest absolute Gasteiger partial charge is 0.334 e. The van der Waals surface area contributed by atoms with Crippen LogP contribution >= 0.6 is 15.9 Å². The summed E-state index contributed by atoms with van der Waals surface area (Å²) in [5.41, 5.74) is 2.83. The van der Waals surface area contributed by atoms with Gasteiger partial charge in [-0.3, -0.25) is 9.59 Å². The molecule has 0 saturated carbocycles. The number of carbonyl (C=O) groups is 1. The predicted molar refractivity (Wildman–Crippen MR) is 126 cm³/mol. The molecule has 162 valence electrons. The number of anilines is 1. The number of nitrogens with zero attached hydrogens (tertiary/aromatic N) is 3. The summed E-state index contributed by atoms with van der Waals surface area (Å²) in [6.45, 7) is 3.99. The first kappa shape index (κ1) is 21.7. The maximum absolute atomic E-state index is 12.7. The van der Waals surface area contributed by atoms with Crippen molar-refractivity contribution >= 4 is 27.5 Å². The van der Waals surface area contributed by atoms with Crippen LogP contribution in [-0.4, -0.2) is 20.6 Å². The Morgan fingerprint density at radius 1 is 1.09 bits per heavy atom. The van der Waals surface area contributed by atoms with Crippen LogP contribution in [0.4, 0.5) is 5.69 Å². The lowest BCUT2D eigenvalue weighted by Crippen LogP contribution is -2.27. The van der Waals surface area contributed by atoms with Crippen LogP contribution in [0.15, 0.2) is 80.7 Å². The molecule has 8 heteroatoms. The molecule has 4 rings (SSSR count). The van der Waals surface area contributed by atoms with Crippen molar-refractivity contribution in [3.63, 3.8) is 0 Å². The molecule has 0 aliphatic heterocycles. The Morgan fingerprint density at radius 2 is 1.91 bits per heavy atom. The molecule has 0 aliphatic rings. The summed E-state index contributed by atoms with van der Waals surface area (Å²) in [6.07, 6.45) is 1.55. The van der Waals surface area contributed by atoms with Gasteiger partial charge in [0.2, 0.25) is 11.7 Å². The first-order valence-corrected chi connectivity index (χ1v) is 10.9. The van der Waals surface area contributed by atoms with Gasteiger partial charge in [0.25, 0.3) is 11.4 Å². The lowest BCUT2D eigenvalue weighted by Gasteiger charge is -2.14. The molecule has 4 aromatic rings. The number of para-hydroxylation sites is 1. The van der Waals surface area contributed by atoms with Gasteiger partial charge in [-0.2, -0.15) is 4.98 Å². The van der Waals surface area contributed by atoms with E-state index >= 15 is 0 Å². The lowest BCUT2D eigenvalue weighted by molar-refractivity contribution is -0.116. The second-order valence-corrected chi connectivity index (χ2v) is 8.52. The number of pyridine rings is 1. The molecule has 0 spiro atoms. The Labute approximate surface area is 193 Å². The Morgan fingerprint density at radius 3 is 2.69 bits per heavy atom. The monoisotopic (exact) mass is 492 g/mol. The van der Waals surface area contributed by atoms with Crippen molar-refractivity contribution < 1.29 is 9.32 Å². The number of hydrogen-bond donors (Lipinski definition) is 1. The van der Waals surface area contributed by atoms with Gasteiger partial charge in [0.15, 0.2) is 0 Å². The van der Waals surface area contributed by atoms with Crippen LogP contribution in [0.25, 0.3) is 22.8 Å². The number of nitrogens with one attached hydrogen (secondary N) is 1. The van der Waals surface area contributed by atoms with Crippen LogP contribution < -0.4 is 10.9 Å². The van der Waals surface area contributed by atoms with E-state index in [2.05, 4.69) is 45.2 Å². The summed E-state index contributed by atoms with van der Waals surface area (Å²) in [4.78, 5) is 29.4. The zero-order chi connectivity index (χ0) is 22.7. The van der Waals surface area contributed by atoms with Crippen molar-refractivity contribution in [1.82, 2.24) is 14.7 Å². The van der Waals surface area contributed by atoms with Crippen molar-refractivity contribution in [3.05, 3.63) is 87.3 Å². The molecule has 0 aliphatic carbocycles. The maximum atomic E-state index is 12.7. The van der Waals surface area contributed by atoms with Crippen molar-refractivity contribution in [1.29, 1.82) is 0 Å². The molecule has 2 heterocycles. The summed E-state index contributed by atoms with van der Waals surface area (Å²) in [5.74, 6) is 0.661. The van der Waals surface area contributed by atoms with Gasteiger partial charge in [-0.25, -0.2) is 0 Å². The van der Waals surface area contributed by atoms with Crippen LogP contribution in [0.5, 0.6) is 0 Å². The average molecular weight is 493 g/mol. The van der Waals surface area contributed by atoms with Crippen LogP contribution in [0.2, 0.25) is 0 Å². The second-order valence-electron chi connectivity index (χ2n) is 7.61. The molecule has 0 fully saturated rings. The number of rotatable bonds is 6. The molecule has 1 N–H and O–H groups in total. The van der Waals surface area contributed by atoms with Crippen molar-refractivity contribution in [2.45, 2.75) is 26.3 Å². The fraction of sp³-hybridized carbons (Fsp3) is 0.167. The van der Waals surface area contributed by atoms with Crippen molar-refractivity contribution in [2.75, 3.05) is 5.32 Å². The standard InChI is InChI=1S/C24H21BrN4O3/c1-15(2)19-8-3-4-9-20(19)26-21(30)14-29-13-17(10-11-22(29)31)24-27-23(28-32-24)16-6-5-7-18(25)12-16/h3-13,15H,14H2,1-2H3,(H,26,30). The van der Waals surface area contributed by atoms with Gasteiger partial charge in [0.1, 0.15) is 6.54 Å². The predicted octanol–water partition coefficient (Wildman–Crippen LogP) is 5.09. The van der Waals surface area contributed by atoms with E-state index in [0.717, 1.165) is 21.3 Å². The number of carbonyl (C=O) groups excluding carboxylic acids is 1. The topological polar surface area (TPSA) is 90.0 Å². The van der Waals surface area contributed by atoms with E-state index in [1.165, 1.54) is 10.6 Å². The molecule has 32 heavy (non-hydrogen) atoms. The molecule has 2 aromatic carbocycles. The number of hydrogen-bond acceptors (Lipinski definition) is 5. The fourth-order valence-electron chi connectivity index (χ4n) is 3.33. The Balaban J connectivity index is 1.55. The summed E-state index contributed by atoms with van der Waals surface area (Å²) < 4.78 is 7.62. The molecular formula is C24H21BrN4O3. The van der Waals surface area contributed by atoms with Crippen molar-refractivity contribution in [3.8, 4) is 22.8 Å². The molecule has 0 saturated heterocycles. The quantitative estimate of drug-likeness (QED) is 0.404. The Hall–Kier alpha value is -3.52. The third kappa shape index (κ3) is 4.86. The third-order valence-corrected chi connectivity index (χ3v) is 5.40. The van der Waals surface area contributed by atoms with Gasteiger partial charge in [-0.05, 0) is 35.7 Å². The smallest absolute Gasteiger partial charge is 0.259 e. The highest BCUT2D eigenvalue weighted by molar-refractivity contribution is 9.10. The normalized spacial score (nSPS) is 11.0. The first-order chi connectivity index (χ1) is 15.4. The van der Waals surface area contributed by atoms with Gasteiger partial charge in [0.05, 0.1) is 5.56 Å². The third-order valence-electron chi connectivity index (χ3n) is 4.91. The van der Waals surface area contributed by atoms with Gasteiger partial charge in [-0.15, -0.1) is 0 Å². The van der Waals surface area contributed by atoms with Gasteiger partial charge in [-0.1, -0.05) is 65.3 Å². The SMILES string of the molecule is CC(C)c1ccccc1NC(=O)Cn1cc(-c2nc(-c3cccc(Br)c3)no2)ccc1=O. The van der Waals surface area contributed by atoms with E-state index in [4.69, 9.17) is 4.52 Å². The summed E-state index contributed by atoms with van der Waals surface area (Å²) in [6, 6.07) is 18.2. The van der Waals surface area contributed by atoms with E-state index in [9.17, 15) is 9.59 Å². The van der Waals surface area contributed by atoms with E-state index in [1.807, 2.05) is 48.5 Å². The molecule has 0 unspecified atom stereocenters. The zero-order valence-corrected chi connectivity index (χ0v) is 19.2. The Kier molecular flexibility index (Phi) is 6.32. The average Bonchev–Trinajstić information content (AvgIpc) is 3.26. The summed E-state index contributed by atoms with van der Waals surface area (Å²) >= 11 is 3.43. The highest BCUT2D eigenvalue weighted by atomic mass is 79.9. The zero-order valence-electron chi connectivity index (χ0n) is 17.6. The van der Waals surface area contributed by atoms with Crippen LogP contribution in [-0.2, 0) is 11.3 Å². The van der Waals surface area contributed by atoms with E-state index in [1.54, 1.807) is 12.3 Å². The fourth-order valence-corrected chi connectivity index (χ4v) is 3.72. The van der Waals surface area contributed by atoms with Crippen LogP contribution in [0, 0.1) is 0 Å². The number of aromatic nitrogens is 3. The molecule has 1 amide bonds. The maximum Gasteiger partial charge on any atom is 0.259 e. The van der Waals surface area contributed by atoms with Crippen LogP contribution in [0.1, 0.15) is 25.3 Å². The highest BCUT2D eigenvalue weighted by Gasteiger charge is 2.14. The van der Waals surface area contributed by atoms with E-state index in [-0.39, 0.29) is 29.8 Å². The molecule has 0 bridgehead atoms. The van der Waals surface area contributed by atoms with E-state index in [0.29, 0.717) is 11.4 Å². The Bertz CT molecular complexity index is 1330. The molecule has 7 nitrogen and oxygen atoms in total.